The molecule has 3 aromatic rings. The van der Waals surface area contributed by atoms with Crippen LogP contribution in [-0.2, 0) is 20.6 Å². The van der Waals surface area contributed by atoms with Crippen LogP contribution in [0.2, 0.25) is 0 Å². The fraction of sp³-hybridized carbons (Fsp3) is 0.261. The first-order chi connectivity index (χ1) is 15.0. The lowest BCUT2D eigenvalue weighted by Crippen LogP contribution is -2.41. The van der Waals surface area contributed by atoms with Crippen molar-refractivity contribution in [2.24, 2.45) is 0 Å². The first kappa shape index (κ1) is 23.0. The third-order valence-electron chi connectivity index (χ3n) is 4.61. The van der Waals surface area contributed by atoms with Gasteiger partial charge in [-0.2, -0.15) is 11.8 Å². The summed E-state index contributed by atoms with van der Waals surface area (Å²) < 4.78 is 33.0. The van der Waals surface area contributed by atoms with Gasteiger partial charge < -0.3 is 9.73 Å². The number of hydrogen-bond acceptors (Lipinski definition) is 5. The molecule has 8 heteroatoms. The number of sulfonamides is 1. The van der Waals surface area contributed by atoms with Gasteiger partial charge in [-0.1, -0.05) is 36.4 Å². The van der Waals surface area contributed by atoms with Crippen LogP contribution >= 0.6 is 11.8 Å². The second kappa shape index (κ2) is 11.1. The summed E-state index contributed by atoms with van der Waals surface area (Å²) >= 11 is 1.73. The summed E-state index contributed by atoms with van der Waals surface area (Å²) in [6.07, 6.45) is 2.44. The molecule has 0 spiro atoms. The maximum atomic E-state index is 13.3. The van der Waals surface area contributed by atoms with Gasteiger partial charge in [-0.15, -0.1) is 0 Å². The van der Waals surface area contributed by atoms with Crippen molar-refractivity contribution in [2.75, 3.05) is 23.1 Å². The Bertz CT molecular complexity index is 1070. The zero-order valence-electron chi connectivity index (χ0n) is 17.4. The molecule has 31 heavy (non-hydrogen) atoms. The van der Waals surface area contributed by atoms with Gasteiger partial charge in [0.15, 0.2) is 0 Å². The summed E-state index contributed by atoms with van der Waals surface area (Å²) in [6, 6.07) is 19.1. The van der Waals surface area contributed by atoms with Crippen molar-refractivity contribution < 1.29 is 17.6 Å². The molecule has 0 aliphatic carbocycles. The van der Waals surface area contributed by atoms with Crippen molar-refractivity contribution in [3.05, 3.63) is 84.3 Å². The number of thioether (sulfide) groups is 1. The molecule has 1 aromatic heterocycles. The Morgan fingerprint density at radius 1 is 1.03 bits per heavy atom. The molecule has 0 fully saturated rings. The van der Waals surface area contributed by atoms with E-state index in [0.29, 0.717) is 12.2 Å². The van der Waals surface area contributed by atoms with Gasteiger partial charge in [-0.05, 0) is 55.0 Å². The van der Waals surface area contributed by atoms with E-state index < -0.39 is 10.0 Å². The Morgan fingerprint density at radius 2 is 1.77 bits per heavy atom. The van der Waals surface area contributed by atoms with Gasteiger partial charge in [0.2, 0.25) is 5.91 Å². The molecule has 0 aliphatic rings. The summed E-state index contributed by atoms with van der Waals surface area (Å²) in [4.78, 5) is 12.7. The second-order valence-electron chi connectivity index (χ2n) is 6.95. The van der Waals surface area contributed by atoms with Crippen LogP contribution < -0.4 is 9.62 Å². The summed E-state index contributed by atoms with van der Waals surface area (Å²) in [5, 5.41) is 2.84. The largest absolute Gasteiger partial charge is 0.468 e. The Hall–Kier alpha value is -2.71. The second-order valence-corrected chi connectivity index (χ2v) is 9.91. The van der Waals surface area contributed by atoms with Gasteiger partial charge in [0.05, 0.1) is 22.6 Å². The number of nitrogens with zero attached hydrogens (tertiary/aromatic N) is 1. The summed E-state index contributed by atoms with van der Waals surface area (Å²) in [7, 11) is -3.88. The van der Waals surface area contributed by atoms with Crippen LogP contribution in [0.1, 0.15) is 17.7 Å². The SMILES string of the molecule is Cc1ccccc1N(CC(=O)NCCCSCc1ccco1)S(=O)(=O)c1ccccc1. The molecule has 0 saturated heterocycles. The zero-order chi connectivity index (χ0) is 22.1. The Balaban J connectivity index is 1.61. The molecule has 3 rings (SSSR count). The first-order valence-electron chi connectivity index (χ1n) is 9.99. The van der Waals surface area contributed by atoms with Crippen molar-refractivity contribution in [2.45, 2.75) is 24.0 Å². The Kier molecular flexibility index (Phi) is 8.20. The number of benzene rings is 2. The van der Waals surface area contributed by atoms with E-state index in [2.05, 4.69) is 5.32 Å². The Labute approximate surface area is 187 Å². The number of amides is 1. The van der Waals surface area contributed by atoms with Crippen LogP contribution in [-0.4, -0.2) is 33.2 Å². The highest BCUT2D eigenvalue weighted by molar-refractivity contribution is 7.98. The molecule has 0 aliphatic heterocycles. The van der Waals surface area contributed by atoms with Crippen molar-refractivity contribution in [3.63, 3.8) is 0 Å². The average Bonchev–Trinajstić information content (AvgIpc) is 3.29. The molecule has 1 amide bonds. The normalized spacial score (nSPS) is 11.3. The third kappa shape index (κ3) is 6.38. The topological polar surface area (TPSA) is 79.6 Å². The number of nitrogens with one attached hydrogen (secondary N) is 1. The number of carbonyl (C=O) groups excluding carboxylic acids is 1. The lowest BCUT2D eigenvalue weighted by atomic mass is 10.2. The molecule has 0 unspecified atom stereocenters. The molecule has 2 aromatic carbocycles. The minimum absolute atomic E-state index is 0.153. The quantitative estimate of drug-likeness (QED) is 0.435. The van der Waals surface area contributed by atoms with Crippen molar-refractivity contribution in [1.82, 2.24) is 5.32 Å². The molecule has 0 bridgehead atoms. The number of carbonyl (C=O) groups is 1. The molecular formula is C23H26N2O4S2. The number of para-hydroxylation sites is 1. The summed E-state index contributed by atoms with van der Waals surface area (Å²) in [6.45, 7) is 2.04. The van der Waals surface area contributed by atoms with E-state index in [9.17, 15) is 13.2 Å². The zero-order valence-corrected chi connectivity index (χ0v) is 19.0. The van der Waals surface area contributed by atoms with Crippen molar-refractivity contribution >= 4 is 33.4 Å². The number of hydrogen-bond donors (Lipinski definition) is 1. The lowest BCUT2D eigenvalue weighted by molar-refractivity contribution is -0.119. The van der Waals surface area contributed by atoms with E-state index in [0.717, 1.165) is 29.3 Å². The number of furan rings is 1. The van der Waals surface area contributed by atoms with E-state index in [1.807, 2.05) is 31.2 Å². The average molecular weight is 459 g/mol. The van der Waals surface area contributed by atoms with Gasteiger partial charge in [0.1, 0.15) is 12.3 Å². The van der Waals surface area contributed by atoms with E-state index in [-0.39, 0.29) is 17.3 Å². The smallest absolute Gasteiger partial charge is 0.264 e. The predicted molar refractivity (Wildman–Crippen MR) is 125 cm³/mol. The standard InChI is InChI=1S/C23H26N2O4S2/c1-19-9-5-6-13-22(19)25(31(27,28)21-11-3-2-4-12-21)17-23(26)24-14-8-16-30-18-20-10-7-15-29-20/h2-7,9-13,15H,8,14,16-18H2,1H3,(H,24,26). The van der Waals surface area contributed by atoms with Crippen LogP contribution in [0.5, 0.6) is 0 Å². The first-order valence-corrected chi connectivity index (χ1v) is 12.6. The highest BCUT2D eigenvalue weighted by Gasteiger charge is 2.27. The minimum Gasteiger partial charge on any atom is -0.468 e. The van der Waals surface area contributed by atoms with Gasteiger partial charge in [0.25, 0.3) is 10.0 Å². The van der Waals surface area contributed by atoms with Gasteiger partial charge in [0, 0.05) is 6.54 Å². The molecule has 6 nitrogen and oxygen atoms in total. The van der Waals surface area contributed by atoms with Crippen LogP contribution in [0, 0.1) is 6.92 Å². The number of anilines is 1. The highest BCUT2D eigenvalue weighted by Crippen LogP contribution is 2.26. The predicted octanol–water partition coefficient (Wildman–Crippen LogP) is 4.22. The molecule has 1 N–H and O–H groups in total. The van der Waals surface area contributed by atoms with E-state index in [4.69, 9.17) is 4.42 Å². The molecule has 0 saturated carbocycles. The fourth-order valence-corrected chi connectivity index (χ4v) is 5.38. The number of rotatable bonds is 11. The fourth-order valence-electron chi connectivity index (χ4n) is 3.02. The van der Waals surface area contributed by atoms with Crippen LogP contribution in [0.15, 0.2) is 82.3 Å². The monoisotopic (exact) mass is 458 g/mol. The molecular weight excluding hydrogens is 432 g/mol. The summed E-state index contributed by atoms with van der Waals surface area (Å²) in [5.74, 6) is 2.25. The molecule has 0 radical (unpaired) electrons. The number of aryl methyl sites for hydroxylation is 1. The Morgan fingerprint density at radius 3 is 2.48 bits per heavy atom. The van der Waals surface area contributed by atoms with Crippen molar-refractivity contribution in [3.8, 4) is 0 Å². The van der Waals surface area contributed by atoms with Gasteiger partial charge in [-0.3, -0.25) is 9.10 Å². The molecule has 164 valence electrons. The van der Waals surface area contributed by atoms with E-state index in [1.54, 1.807) is 48.4 Å². The van der Waals surface area contributed by atoms with E-state index in [1.165, 1.54) is 16.4 Å². The molecule has 0 atom stereocenters. The third-order valence-corrected chi connectivity index (χ3v) is 7.45. The van der Waals surface area contributed by atoms with Gasteiger partial charge >= 0.3 is 0 Å². The van der Waals surface area contributed by atoms with Crippen LogP contribution in [0.3, 0.4) is 0 Å². The summed E-state index contributed by atoms with van der Waals surface area (Å²) in [5.41, 5.74) is 1.28. The lowest BCUT2D eigenvalue weighted by Gasteiger charge is -2.25. The van der Waals surface area contributed by atoms with Crippen LogP contribution in [0.25, 0.3) is 0 Å². The maximum Gasteiger partial charge on any atom is 0.264 e. The van der Waals surface area contributed by atoms with Crippen molar-refractivity contribution in [1.29, 1.82) is 0 Å². The van der Waals surface area contributed by atoms with Crippen LogP contribution in [0.4, 0.5) is 5.69 Å². The molecule has 1 heterocycles. The van der Waals surface area contributed by atoms with Gasteiger partial charge in [-0.25, -0.2) is 8.42 Å². The maximum absolute atomic E-state index is 13.3. The minimum atomic E-state index is -3.88. The van der Waals surface area contributed by atoms with E-state index >= 15 is 0 Å². The highest BCUT2D eigenvalue weighted by atomic mass is 32.2.